The standard InChI is InChI=1S/C6H9NO4/c1-7(2)6-10-4(8)3-5(9)11-6/h6H,3H2,1-2H3. The summed E-state index contributed by atoms with van der Waals surface area (Å²) >= 11 is 0. The number of hydrogen-bond acceptors (Lipinski definition) is 5. The van der Waals surface area contributed by atoms with Crippen LogP contribution in [0.3, 0.4) is 0 Å². The van der Waals surface area contributed by atoms with E-state index in [1.165, 1.54) is 4.90 Å². The lowest BCUT2D eigenvalue weighted by Crippen LogP contribution is -2.41. The lowest BCUT2D eigenvalue weighted by molar-refractivity contribution is -0.229. The molecule has 0 radical (unpaired) electrons. The Hall–Kier alpha value is -1.10. The van der Waals surface area contributed by atoms with Crippen LogP contribution in [0.1, 0.15) is 6.42 Å². The van der Waals surface area contributed by atoms with E-state index in [-0.39, 0.29) is 6.42 Å². The number of nitrogens with zero attached hydrogens (tertiary/aromatic N) is 1. The fraction of sp³-hybridized carbons (Fsp3) is 0.667. The van der Waals surface area contributed by atoms with Crippen molar-refractivity contribution in [3.63, 3.8) is 0 Å². The minimum absolute atomic E-state index is 0.287. The second-order valence-corrected chi connectivity index (χ2v) is 2.43. The Morgan fingerprint density at radius 2 is 1.73 bits per heavy atom. The molecule has 5 nitrogen and oxygen atoms in total. The molecule has 1 rings (SSSR count). The van der Waals surface area contributed by atoms with Gasteiger partial charge in [0.1, 0.15) is 6.42 Å². The van der Waals surface area contributed by atoms with Gasteiger partial charge in [-0.3, -0.25) is 9.59 Å². The third-order valence-corrected chi connectivity index (χ3v) is 1.17. The number of carbonyl (C=O) groups excluding carboxylic acids is 2. The molecular weight excluding hydrogens is 150 g/mol. The van der Waals surface area contributed by atoms with Crippen LogP contribution in [0.5, 0.6) is 0 Å². The van der Waals surface area contributed by atoms with E-state index in [1.807, 2.05) is 0 Å². The lowest BCUT2D eigenvalue weighted by Gasteiger charge is -2.26. The van der Waals surface area contributed by atoms with Crippen molar-refractivity contribution >= 4 is 11.9 Å². The average molecular weight is 159 g/mol. The van der Waals surface area contributed by atoms with E-state index in [1.54, 1.807) is 14.1 Å². The van der Waals surface area contributed by atoms with Gasteiger partial charge in [0.15, 0.2) is 0 Å². The number of hydrogen-bond donors (Lipinski definition) is 0. The third-order valence-electron chi connectivity index (χ3n) is 1.17. The first-order valence-corrected chi connectivity index (χ1v) is 3.15. The SMILES string of the molecule is CN(C)C1OC(=O)CC(=O)O1. The third kappa shape index (κ3) is 1.91. The monoisotopic (exact) mass is 159 g/mol. The molecule has 0 aromatic heterocycles. The second-order valence-electron chi connectivity index (χ2n) is 2.43. The Balaban J connectivity index is 2.56. The van der Waals surface area contributed by atoms with E-state index in [4.69, 9.17) is 0 Å². The van der Waals surface area contributed by atoms with Gasteiger partial charge >= 0.3 is 18.4 Å². The van der Waals surface area contributed by atoms with Crippen molar-refractivity contribution in [2.75, 3.05) is 14.1 Å². The molecular formula is C6H9NO4. The highest BCUT2D eigenvalue weighted by atomic mass is 16.7. The van der Waals surface area contributed by atoms with Crippen LogP contribution in [-0.4, -0.2) is 37.3 Å². The van der Waals surface area contributed by atoms with Crippen LogP contribution in [0, 0.1) is 0 Å². The van der Waals surface area contributed by atoms with Crippen molar-refractivity contribution < 1.29 is 19.1 Å². The molecule has 0 amide bonds. The zero-order chi connectivity index (χ0) is 8.43. The number of cyclic esters (lactones) is 2. The topological polar surface area (TPSA) is 55.8 Å². The van der Waals surface area contributed by atoms with Crippen molar-refractivity contribution in [1.82, 2.24) is 4.90 Å². The fourth-order valence-electron chi connectivity index (χ4n) is 0.661. The van der Waals surface area contributed by atoms with Crippen LogP contribution >= 0.6 is 0 Å². The molecule has 11 heavy (non-hydrogen) atoms. The zero-order valence-electron chi connectivity index (χ0n) is 6.36. The van der Waals surface area contributed by atoms with E-state index < -0.39 is 18.4 Å². The van der Waals surface area contributed by atoms with Crippen LogP contribution < -0.4 is 0 Å². The van der Waals surface area contributed by atoms with Crippen LogP contribution in [0.15, 0.2) is 0 Å². The molecule has 0 spiro atoms. The Kier molecular flexibility index (Phi) is 2.09. The summed E-state index contributed by atoms with van der Waals surface area (Å²) in [6.07, 6.45) is -1.15. The minimum Gasteiger partial charge on any atom is -0.410 e. The lowest BCUT2D eigenvalue weighted by atomic mass is 10.4. The predicted octanol–water partition coefficient (Wildman–Crippen LogP) is -0.678. The maximum atomic E-state index is 10.6. The van der Waals surface area contributed by atoms with Crippen molar-refractivity contribution in [1.29, 1.82) is 0 Å². The predicted molar refractivity (Wildman–Crippen MR) is 34.3 cm³/mol. The van der Waals surface area contributed by atoms with Gasteiger partial charge in [-0.25, -0.2) is 4.90 Å². The van der Waals surface area contributed by atoms with Gasteiger partial charge in [0, 0.05) is 0 Å². The van der Waals surface area contributed by atoms with Gasteiger partial charge in [-0.2, -0.15) is 0 Å². The molecule has 0 aromatic rings. The van der Waals surface area contributed by atoms with Gasteiger partial charge in [0.05, 0.1) is 0 Å². The fourth-order valence-corrected chi connectivity index (χ4v) is 0.661. The van der Waals surface area contributed by atoms with Crippen molar-refractivity contribution in [2.24, 2.45) is 0 Å². The van der Waals surface area contributed by atoms with Gasteiger partial charge in [-0.15, -0.1) is 0 Å². The van der Waals surface area contributed by atoms with Gasteiger partial charge in [0.25, 0.3) is 0 Å². The number of ether oxygens (including phenoxy) is 2. The molecule has 1 aliphatic heterocycles. The Morgan fingerprint density at radius 3 is 2.09 bits per heavy atom. The molecule has 1 saturated heterocycles. The highest BCUT2D eigenvalue weighted by Crippen LogP contribution is 2.08. The summed E-state index contributed by atoms with van der Waals surface area (Å²) in [4.78, 5) is 22.8. The molecule has 0 N–H and O–H groups in total. The molecule has 62 valence electrons. The maximum Gasteiger partial charge on any atom is 0.321 e. The maximum absolute atomic E-state index is 10.6. The largest absolute Gasteiger partial charge is 0.410 e. The highest BCUT2D eigenvalue weighted by Gasteiger charge is 2.28. The average Bonchev–Trinajstić information content (AvgIpc) is 1.85. The molecule has 5 heteroatoms. The summed E-state index contributed by atoms with van der Waals surface area (Å²) in [7, 11) is 3.30. The molecule has 0 atom stereocenters. The molecule has 1 heterocycles. The summed E-state index contributed by atoms with van der Waals surface area (Å²) < 4.78 is 9.32. The molecule has 0 aromatic carbocycles. The van der Waals surface area contributed by atoms with E-state index in [0.29, 0.717) is 0 Å². The first kappa shape index (κ1) is 8.00. The minimum atomic E-state index is -0.858. The van der Waals surface area contributed by atoms with E-state index >= 15 is 0 Å². The van der Waals surface area contributed by atoms with Crippen LogP contribution in [0.4, 0.5) is 0 Å². The highest BCUT2D eigenvalue weighted by molar-refractivity contribution is 5.92. The van der Waals surface area contributed by atoms with Gasteiger partial charge in [-0.1, -0.05) is 0 Å². The molecule has 1 aliphatic rings. The van der Waals surface area contributed by atoms with E-state index in [0.717, 1.165) is 0 Å². The van der Waals surface area contributed by atoms with Crippen LogP contribution in [0.25, 0.3) is 0 Å². The first-order chi connectivity index (χ1) is 5.09. The van der Waals surface area contributed by atoms with Gasteiger partial charge < -0.3 is 9.47 Å². The van der Waals surface area contributed by atoms with Crippen molar-refractivity contribution in [2.45, 2.75) is 12.8 Å². The Labute approximate surface area is 63.9 Å². The second kappa shape index (κ2) is 2.87. The molecule has 1 fully saturated rings. The Bertz CT molecular complexity index is 173. The smallest absolute Gasteiger partial charge is 0.321 e. The van der Waals surface area contributed by atoms with Crippen LogP contribution in [0.2, 0.25) is 0 Å². The van der Waals surface area contributed by atoms with Crippen molar-refractivity contribution in [3.05, 3.63) is 0 Å². The summed E-state index contributed by atoms with van der Waals surface area (Å²) in [6, 6.07) is 0. The molecule has 0 unspecified atom stereocenters. The number of esters is 2. The zero-order valence-corrected chi connectivity index (χ0v) is 6.36. The van der Waals surface area contributed by atoms with Crippen molar-refractivity contribution in [3.8, 4) is 0 Å². The number of rotatable bonds is 1. The summed E-state index contributed by atoms with van der Waals surface area (Å²) in [6.45, 7) is 0. The molecule has 0 bridgehead atoms. The van der Waals surface area contributed by atoms with Gasteiger partial charge in [0.2, 0.25) is 0 Å². The summed E-state index contributed by atoms with van der Waals surface area (Å²) in [5, 5.41) is 0. The summed E-state index contributed by atoms with van der Waals surface area (Å²) in [5.74, 6) is -1.08. The van der Waals surface area contributed by atoms with E-state index in [9.17, 15) is 9.59 Å². The van der Waals surface area contributed by atoms with Gasteiger partial charge in [-0.05, 0) is 14.1 Å². The Morgan fingerprint density at radius 1 is 1.27 bits per heavy atom. The van der Waals surface area contributed by atoms with Crippen LogP contribution in [-0.2, 0) is 19.1 Å². The summed E-state index contributed by atoms with van der Waals surface area (Å²) in [5.41, 5.74) is 0. The molecule has 0 saturated carbocycles. The quantitative estimate of drug-likeness (QED) is 0.375. The number of carbonyl (C=O) groups is 2. The normalized spacial score (nSPS) is 19.9. The molecule has 0 aliphatic carbocycles. The first-order valence-electron chi connectivity index (χ1n) is 3.15. The van der Waals surface area contributed by atoms with E-state index in [2.05, 4.69) is 9.47 Å².